The summed E-state index contributed by atoms with van der Waals surface area (Å²) in [6.45, 7) is 3.14. The van der Waals surface area contributed by atoms with E-state index in [9.17, 15) is 26.4 Å². The van der Waals surface area contributed by atoms with Crippen molar-refractivity contribution in [2.75, 3.05) is 19.6 Å². The number of halogens is 3. The van der Waals surface area contributed by atoms with E-state index in [0.29, 0.717) is 25.1 Å². The monoisotopic (exact) mass is 454 g/mol. The largest absolute Gasteiger partial charge is 0.417 e. The van der Waals surface area contributed by atoms with Gasteiger partial charge >= 0.3 is 6.18 Å². The van der Waals surface area contributed by atoms with Crippen molar-refractivity contribution in [3.63, 3.8) is 0 Å². The first-order valence-electron chi connectivity index (χ1n) is 10.1. The molecule has 168 valence electrons. The number of sulfonamides is 1. The van der Waals surface area contributed by atoms with Crippen molar-refractivity contribution in [1.82, 2.24) is 9.62 Å². The summed E-state index contributed by atoms with van der Waals surface area (Å²) in [5.74, 6) is 0.172. The Morgan fingerprint density at radius 2 is 1.68 bits per heavy atom. The lowest BCUT2D eigenvalue weighted by Crippen LogP contribution is -2.39. The summed E-state index contributed by atoms with van der Waals surface area (Å²) in [5.41, 5.74) is 0.543. The molecule has 1 saturated heterocycles. The molecule has 1 aliphatic rings. The van der Waals surface area contributed by atoms with E-state index in [1.54, 1.807) is 17.0 Å². The zero-order valence-corrected chi connectivity index (χ0v) is 18.0. The second-order valence-corrected chi connectivity index (χ2v) is 9.52. The first-order chi connectivity index (χ1) is 14.6. The Morgan fingerprint density at radius 3 is 2.29 bits per heavy atom. The number of hydrogen-bond donors (Lipinski definition) is 1. The summed E-state index contributed by atoms with van der Waals surface area (Å²) >= 11 is 0. The number of aryl methyl sites for hydroxylation is 1. The van der Waals surface area contributed by atoms with Gasteiger partial charge in [0.25, 0.3) is 5.91 Å². The van der Waals surface area contributed by atoms with Crippen LogP contribution in [-0.2, 0) is 16.2 Å². The Balaban J connectivity index is 1.51. The van der Waals surface area contributed by atoms with Crippen molar-refractivity contribution < 1.29 is 26.4 Å². The van der Waals surface area contributed by atoms with Gasteiger partial charge in [0, 0.05) is 25.2 Å². The van der Waals surface area contributed by atoms with Gasteiger partial charge in [-0.05, 0) is 56.4 Å². The van der Waals surface area contributed by atoms with Gasteiger partial charge in [0.2, 0.25) is 10.0 Å². The molecule has 31 heavy (non-hydrogen) atoms. The van der Waals surface area contributed by atoms with E-state index in [1.807, 2.05) is 19.1 Å². The Hall–Kier alpha value is -2.39. The predicted octanol–water partition coefficient (Wildman–Crippen LogP) is 4.23. The average molecular weight is 455 g/mol. The number of hydrogen-bond acceptors (Lipinski definition) is 3. The van der Waals surface area contributed by atoms with Gasteiger partial charge in [-0.3, -0.25) is 4.79 Å². The average Bonchev–Trinajstić information content (AvgIpc) is 2.73. The molecule has 0 atom stereocenters. The zero-order valence-electron chi connectivity index (χ0n) is 17.2. The molecule has 1 N–H and O–H groups in total. The van der Waals surface area contributed by atoms with Crippen LogP contribution in [0.4, 0.5) is 13.2 Å². The standard InChI is InChI=1S/C22H25F3N2O3S/c1-16-6-8-18(9-7-16)21(28)27-14-11-17(12-15-27)10-13-26-31(29,30)20-5-3-2-4-19(20)22(23,24)25/h2-9,17,26H,10-15H2,1H3. The summed E-state index contributed by atoms with van der Waals surface area (Å²) in [5, 5.41) is 0. The van der Waals surface area contributed by atoms with E-state index in [0.717, 1.165) is 36.6 Å². The maximum atomic E-state index is 13.1. The minimum atomic E-state index is -4.75. The number of likely N-dealkylation sites (tertiary alicyclic amines) is 1. The van der Waals surface area contributed by atoms with E-state index in [2.05, 4.69) is 4.72 Å². The fourth-order valence-corrected chi connectivity index (χ4v) is 4.99. The summed E-state index contributed by atoms with van der Waals surface area (Å²) in [6.07, 6.45) is -2.81. The lowest BCUT2D eigenvalue weighted by Gasteiger charge is -2.32. The summed E-state index contributed by atoms with van der Waals surface area (Å²) < 4.78 is 66.4. The highest BCUT2D eigenvalue weighted by molar-refractivity contribution is 7.89. The highest BCUT2D eigenvalue weighted by atomic mass is 32.2. The molecule has 5 nitrogen and oxygen atoms in total. The van der Waals surface area contributed by atoms with E-state index in [-0.39, 0.29) is 18.4 Å². The highest BCUT2D eigenvalue weighted by Gasteiger charge is 2.36. The molecule has 3 rings (SSSR count). The third kappa shape index (κ3) is 5.86. The Bertz CT molecular complexity index is 1010. The third-order valence-corrected chi connectivity index (χ3v) is 7.05. The van der Waals surface area contributed by atoms with Crippen LogP contribution < -0.4 is 4.72 Å². The van der Waals surface area contributed by atoms with Crippen LogP contribution >= 0.6 is 0 Å². The molecule has 0 spiro atoms. The lowest BCUT2D eigenvalue weighted by atomic mass is 9.93. The first kappa shape index (κ1) is 23.3. The molecule has 2 aromatic rings. The summed E-state index contributed by atoms with van der Waals surface area (Å²) in [4.78, 5) is 13.6. The van der Waals surface area contributed by atoms with Crippen LogP contribution in [0.15, 0.2) is 53.4 Å². The van der Waals surface area contributed by atoms with Crippen LogP contribution in [0, 0.1) is 12.8 Å². The molecule has 0 aliphatic carbocycles. The molecule has 1 heterocycles. The van der Waals surface area contributed by atoms with Crippen molar-refractivity contribution in [1.29, 1.82) is 0 Å². The number of alkyl halides is 3. The summed E-state index contributed by atoms with van der Waals surface area (Å²) in [6, 6.07) is 11.5. The van der Waals surface area contributed by atoms with E-state index in [4.69, 9.17) is 0 Å². The predicted molar refractivity (Wildman–Crippen MR) is 111 cm³/mol. The van der Waals surface area contributed by atoms with Crippen LogP contribution in [-0.4, -0.2) is 38.9 Å². The van der Waals surface area contributed by atoms with Gasteiger partial charge < -0.3 is 4.90 Å². The Morgan fingerprint density at radius 1 is 1.06 bits per heavy atom. The zero-order chi connectivity index (χ0) is 22.6. The maximum absolute atomic E-state index is 13.1. The number of rotatable bonds is 6. The number of carbonyl (C=O) groups excluding carboxylic acids is 1. The van der Waals surface area contributed by atoms with Crippen molar-refractivity contribution in [2.45, 2.75) is 37.3 Å². The van der Waals surface area contributed by atoms with Crippen LogP contribution in [0.25, 0.3) is 0 Å². The van der Waals surface area contributed by atoms with Crippen molar-refractivity contribution in [2.24, 2.45) is 5.92 Å². The molecule has 1 aliphatic heterocycles. The molecule has 9 heteroatoms. The van der Waals surface area contributed by atoms with Crippen molar-refractivity contribution in [3.8, 4) is 0 Å². The SMILES string of the molecule is Cc1ccc(C(=O)N2CCC(CCNS(=O)(=O)c3ccccc3C(F)(F)F)CC2)cc1. The first-order valence-corrected chi connectivity index (χ1v) is 11.6. The van der Waals surface area contributed by atoms with Gasteiger partial charge in [0.1, 0.15) is 0 Å². The maximum Gasteiger partial charge on any atom is 0.417 e. The second-order valence-electron chi connectivity index (χ2n) is 7.78. The molecule has 0 bridgehead atoms. The van der Waals surface area contributed by atoms with Gasteiger partial charge in [-0.2, -0.15) is 13.2 Å². The van der Waals surface area contributed by atoms with Gasteiger partial charge in [-0.15, -0.1) is 0 Å². The normalized spacial score (nSPS) is 15.8. The lowest BCUT2D eigenvalue weighted by molar-refractivity contribution is -0.139. The van der Waals surface area contributed by atoms with Crippen LogP contribution in [0.2, 0.25) is 0 Å². The number of piperidine rings is 1. The summed E-state index contributed by atoms with van der Waals surface area (Å²) in [7, 11) is -4.27. The highest BCUT2D eigenvalue weighted by Crippen LogP contribution is 2.34. The smallest absolute Gasteiger partial charge is 0.339 e. The van der Waals surface area contributed by atoms with E-state index in [1.165, 1.54) is 6.07 Å². The van der Waals surface area contributed by atoms with Crippen molar-refractivity contribution in [3.05, 3.63) is 65.2 Å². The van der Waals surface area contributed by atoms with Crippen LogP contribution in [0.5, 0.6) is 0 Å². The molecule has 1 amide bonds. The van der Waals surface area contributed by atoms with E-state index < -0.39 is 26.7 Å². The van der Waals surface area contributed by atoms with Gasteiger partial charge in [0.05, 0.1) is 10.5 Å². The van der Waals surface area contributed by atoms with Gasteiger partial charge in [-0.25, -0.2) is 13.1 Å². The van der Waals surface area contributed by atoms with Gasteiger partial charge in [-0.1, -0.05) is 29.8 Å². The quantitative estimate of drug-likeness (QED) is 0.710. The number of carbonyl (C=O) groups is 1. The van der Waals surface area contributed by atoms with Crippen LogP contribution in [0.3, 0.4) is 0 Å². The fraction of sp³-hybridized carbons (Fsp3) is 0.409. The molecule has 0 unspecified atom stereocenters. The second kappa shape index (κ2) is 9.40. The molecule has 0 saturated carbocycles. The van der Waals surface area contributed by atoms with Gasteiger partial charge in [0.15, 0.2) is 0 Å². The number of nitrogens with zero attached hydrogens (tertiary/aromatic N) is 1. The Labute approximate surface area is 180 Å². The van der Waals surface area contributed by atoms with Crippen LogP contribution in [0.1, 0.15) is 40.7 Å². The topological polar surface area (TPSA) is 66.5 Å². The number of benzene rings is 2. The molecule has 0 radical (unpaired) electrons. The molecule has 1 fully saturated rings. The molecular formula is C22H25F3N2O3S. The number of amides is 1. The van der Waals surface area contributed by atoms with E-state index >= 15 is 0 Å². The van der Waals surface area contributed by atoms with Crippen molar-refractivity contribution >= 4 is 15.9 Å². The molecule has 2 aromatic carbocycles. The molecular weight excluding hydrogens is 429 g/mol. The Kier molecular flexibility index (Phi) is 7.06. The molecule has 0 aromatic heterocycles. The third-order valence-electron chi connectivity index (χ3n) is 5.53. The minimum Gasteiger partial charge on any atom is -0.339 e. The minimum absolute atomic E-state index is 0.0251. The fourth-order valence-electron chi connectivity index (χ4n) is 3.71. The number of nitrogens with one attached hydrogen (secondary N) is 1.